The molecule has 0 aliphatic heterocycles. The molecule has 1 aromatic heterocycles. The Bertz CT molecular complexity index is 1080. The predicted octanol–water partition coefficient (Wildman–Crippen LogP) is 5.97. The van der Waals surface area contributed by atoms with E-state index >= 15 is 0 Å². The molecule has 4 nitrogen and oxygen atoms in total. The molecule has 144 valence electrons. The van der Waals surface area contributed by atoms with Gasteiger partial charge in [0, 0.05) is 10.9 Å². The quantitative estimate of drug-likeness (QED) is 0.305. The van der Waals surface area contributed by atoms with E-state index in [1.807, 2.05) is 60.0 Å². The van der Waals surface area contributed by atoms with Gasteiger partial charge in [0.2, 0.25) is 5.13 Å². The van der Waals surface area contributed by atoms with Crippen LogP contribution < -0.4 is 10.2 Å². The van der Waals surface area contributed by atoms with Gasteiger partial charge in [-0.25, -0.2) is 9.37 Å². The molecule has 0 saturated heterocycles. The van der Waals surface area contributed by atoms with E-state index in [0.29, 0.717) is 6.61 Å². The zero-order chi connectivity index (χ0) is 19.9. The van der Waals surface area contributed by atoms with Crippen molar-refractivity contribution >= 4 is 22.7 Å². The number of halogens is 1. The molecule has 0 amide bonds. The van der Waals surface area contributed by atoms with Gasteiger partial charge in [-0.3, -0.25) is 5.43 Å². The summed E-state index contributed by atoms with van der Waals surface area (Å²) in [5.41, 5.74) is 6.82. The average molecular weight is 403 g/mol. The second kappa shape index (κ2) is 9.12. The molecular weight excluding hydrogens is 385 g/mol. The molecular formula is C23H18FN3OS. The lowest BCUT2D eigenvalue weighted by atomic mass is 10.2. The number of hydrazone groups is 1. The van der Waals surface area contributed by atoms with E-state index in [0.717, 1.165) is 33.3 Å². The second-order valence-electron chi connectivity index (χ2n) is 6.26. The van der Waals surface area contributed by atoms with Gasteiger partial charge in [0.15, 0.2) is 0 Å². The van der Waals surface area contributed by atoms with E-state index in [1.165, 1.54) is 23.5 Å². The molecule has 6 heteroatoms. The SMILES string of the molecule is Fc1ccc(COc2ccc(C=NNc3nc(-c4ccccc4)cs3)cc2)cc1. The highest BCUT2D eigenvalue weighted by atomic mass is 32.1. The number of ether oxygens (including phenoxy) is 1. The van der Waals surface area contributed by atoms with Crippen LogP contribution in [-0.2, 0) is 6.61 Å². The number of benzene rings is 3. The fourth-order valence-corrected chi connectivity index (χ4v) is 3.29. The number of rotatable bonds is 7. The van der Waals surface area contributed by atoms with Crippen molar-refractivity contribution in [3.05, 3.63) is 101 Å². The third-order valence-corrected chi connectivity index (χ3v) is 4.89. The molecule has 0 bridgehead atoms. The summed E-state index contributed by atoms with van der Waals surface area (Å²) in [5.74, 6) is 0.492. The maximum atomic E-state index is 12.9. The van der Waals surface area contributed by atoms with Crippen molar-refractivity contribution in [2.24, 2.45) is 5.10 Å². The van der Waals surface area contributed by atoms with Crippen LogP contribution in [0.15, 0.2) is 89.3 Å². The number of thiazole rings is 1. The first-order valence-electron chi connectivity index (χ1n) is 9.03. The molecule has 1 heterocycles. The summed E-state index contributed by atoms with van der Waals surface area (Å²) in [6.45, 7) is 0.392. The molecule has 0 fully saturated rings. The Labute approximate surface area is 172 Å². The zero-order valence-corrected chi connectivity index (χ0v) is 16.3. The third-order valence-electron chi connectivity index (χ3n) is 4.15. The van der Waals surface area contributed by atoms with Crippen molar-refractivity contribution in [3.63, 3.8) is 0 Å². The van der Waals surface area contributed by atoms with E-state index in [2.05, 4.69) is 15.5 Å². The van der Waals surface area contributed by atoms with Crippen molar-refractivity contribution in [2.75, 3.05) is 5.43 Å². The van der Waals surface area contributed by atoms with Crippen molar-refractivity contribution in [1.82, 2.24) is 4.98 Å². The molecule has 0 spiro atoms. The molecule has 4 rings (SSSR count). The zero-order valence-electron chi connectivity index (χ0n) is 15.5. The van der Waals surface area contributed by atoms with Gasteiger partial charge >= 0.3 is 0 Å². The molecule has 1 N–H and O–H groups in total. The Morgan fingerprint density at radius 1 is 0.966 bits per heavy atom. The Morgan fingerprint density at radius 2 is 1.72 bits per heavy atom. The van der Waals surface area contributed by atoms with E-state index in [-0.39, 0.29) is 5.82 Å². The van der Waals surface area contributed by atoms with Crippen molar-refractivity contribution in [2.45, 2.75) is 6.61 Å². The number of anilines is 1. The summed E-state index contributed by atoms with van der Waals surface area (Å²) in [5, 5.41) is 6.98. The van der Waals surface area contributed by atoms with Crippen LogP contribution in [0.25, 0.3) is 11.3 Å². The van der Waals surface area contributed by atoms with Crippen molar-refractivity contribution in [3.8, 4) is 17.0 Å². The van der Waals surface area contributed by atoms with Gasteiger partial charge in [0.25, 0.3) is 0 Å². The number of nitrogens with zero attached hydrogens (tertiary/aromatic N) is 2. The van der Waals surface area contributed by atoms with Crippen LogP contribution in [0, 0.1) is 5.82 Å². The molecule has 3 aromatic carbocycles. The van der Waals surface area contributed by atoms with Gasteiger partial charge in [0.1, 0.15) is 18.2 Å². The van der Waals surface area contributed by atoms with E-state index in [4.69, 9.17) is 4.74 Å². The monoisotopic (exact) mass is 403 g/mol. The van der Waals surface area contributed by atoms with Gasteiger partial charge in [-0.2, -0.15) is 5.10 Å². The molecule has 0 aliphatic rings. The molecule has 29 heavy (non-hydrogen) atoms. The minimum Gasteiger partial charge on any atom is -0.489 e. The topological polar surface area (TPSA) is 46.5 Å². The lowest BCUT2D eigenvalue weighted by Gasteiger charge is -2.06. The summed E-state index contributed by atoms with van der Waals surface area (Å²) in [6, 6.07) is 23.9. The normalized spacial score (nSPS) is 10.9. The third kappa shape index (κ3) is 5.27. The average Bonchev–Trinajstić information content (AvgIpc) is 3.24. The van der Waals surface area contributed by atoms with Crippen LogP contribution in [0.5, 0.6) is 5.75 Å². The van der Waals surface area contributed by atoms with Gasteiger partial charge in [-0.1, -0.05) is 42.5 Å². The summed E-state index contributed by atoms with van der Waals surface area (Å²) < 4.78 is 18.6. The smallest absolute Gasteiger partial charge is 0.203 e. The summed E-state index contributed by atoms with van der Waals surface area (Å²) in [7, 11) is 0. The Hall–Kier alpha value is -3.51. The summed E-state index contributed by atoms with van der Waals surface area (Å²) >= 11 is 1.51. The highest BCUT2D eigenvalue weighted by Gasteiger charge is 2.03. The number of hydrogen-bond donors (Lipinski definition) is 1. The fourth-order valence-electron chi connectivity index (χ4n) is 2.63. The first-order valence-corrected chi connectivity index (χ1v) is 9.91. The summed E-state index contributed by atoms with van der Waals surface area (Å²) in [4.78, 5) is 4.53. The Kier molecular flexibility index (Phi) is 5.92. The van der Waals surface area contributed by atoms with E-state index in [1.54, 1.807) is 18.3 Å². The highest BCUT2D eigenvalue weighted by Crippen LogP contribution is 2.24. The number of hydrogen-bond acceptors (Lipinski definition) is 5. The minimum absolute atomic E-state index is 0.250. The second-order valence-corrected chi connectivity index (χ2v) is 7.12. The Balaban J connectivity index is 1.30. The maximum absolute atomic E-state index is 12.9. The van der Waals surface area contributed by atoms with E-state index < -0.39 is 0 Å². The lowest BCUT2D eigenvalue weighted by Crippen LogP contribution is -1.96. The van der Waals surface area contributed by atoms with Crippen LogP contribution in [-0.4, -0.2) is 11.2 Å². The molecule has 0 saturated carbocycles. The largest absolute Gasteiger partial charge is 0.489 e. The first-order chi connectivity index (χ1) is 14.3. The molecule has 0 atom stereocenters. The molecule has 0 radical (unpaired) electrons. The predicted molar refractivity (Wildman–Crippen MR) is 116 cm³/mol. The van der Waals surface area contributed by atoms with E-state index in [9.17, 15) is 4.39 Å². The first kappa shape index (κ1) is 18.8. The fraction of sp³-hybridized carbons (Fsp3) is 0.0435. The maximum Gasteiger partial charge on any atom is 0.203 e. The van der Waals surface area contributed by atoms with Crippen LogP contribution in [0.2, 0.25) is 0 Å². The number of nitrogens with one attached hydrogen (secondary N) is 1. The van der Waals surface area contributed by atoms with Gasteiger partial charge in [-0.15, -0.1) is 11.3 Å². The van der Waals surface area contributed by atoms with Crippen LogP contribution in [0.4, 0.5) is 9.52 Å². The summed E-state index contributed by atoms with van der Waals surface area (Å²) in [6.07, 6.45) is 1.73. The standard InChI is InChI=1S/C23H18FN3OS/c24-20-10-6-18(7-11-20)15-28-21-12-8-17(9-13-21)14-25-27-23-26-22(16-29-23)19-4-2-1-3-5-19/h1-14,16H,15H2,(H,26,27). The van der Waals surface area contributed by atoms with Crippen molar-refractivity contribution in [1.29, 1.82) is 0 Å². The highest BCUT2D eigenvalue weighted by molar-refractivity contribution is 7.14. The minimum atomic E-state index is -0.250. The van der Waals surface area contributed by atoms with Crippen LogP contribution >= 0.6 is 11.3 Å². The Morgan fingerprint density at radius 3 is 2.48 bits per heavy atom. The van der Waals surface area contributed by atoms with Gasteiger partial charge < -0.3 is 4.74 Å². The molecule has 0 aliphatic carbocycles. The van der Waals surface area contributed by atoms with Gasteiger partial charge in [-0.05, 0) is 47.5 Å². The number of aromatic nitrogens is 1. The molecule has 4 aromatic rings. The van der Waals surface area contributed by atoms with Crippen LogP contribution in [0.1, 0.15) is 11.1 Å². The van der Waals surface area contributed by atoms with Gasteiger partial charge in [0.05, 0.1) is 11.9 Å². The van der Waals surface area contributed by atoms with Crippen LogP contribution in [0.3, 0.4) is 0 Å². The van der Waals surface area contributed by atoms with Crippen molar-refractivity contribution < 1.29 is 9.13 Å². The molecule has 0 unspecified atom stereocenters. The lowest BCUT2D eigenvalue weighted by molar-refractivity contribution is 0.306.